The Hall–Kier alpha value is -3.18. The largest absolute Gasteiger partial charge is 0.493 e. The van der Waals surface area contributed by atoms with E-state index in [1.807, 2.05) is 31.2 Å². The van der Waals surface area contributed by atoms with Gasteiger partial charge in [0.25, 0.3) is 5.91 Å². The smallest absolute Gasteiger partial charge is 0.265 e. The number of rotatable bonds is 8. The van der Waals surface area contributed by atoms with Crippen molar-refractivity contribution in [1.29, 1.82) is 0 Å². The van der Waals surface area contributed by atoms with Gasteiger partial charge in [-0.05, 0) is 85.7 Å². The van der Waals surface area contributed by atoms with Crippen LogP contribution in [0.5, 0.6) is 23.0 Å². The molecule has 3 aromatic rings. The van der Waals surface area contributed by atoms with Crippen molar-refractivity contribution >= 4 is 23.2 Å². The van der Waals surface area contributed by atoms with Gasteiger partial charge in [-0.25, -0.2) is 0 Å². The van der Waals surface area contributed by atoms with Crippen LogP contribution in [0, 0.1) is 0 Å². The fraction of sp³-hybridized carbons (Fsp3) is 0.296. The Morgan fingerprint density at radius 1 is 0.970 bits per heavy atom. The van der Waals surface area contributed by atoms with E-state index in [0.717, 1.165) is 12.8 Å². The first-order valence-corrected chi connectivity index (χ1v) is 11.6. The van der Waals surface area contributed by atoms with Crippen molar-refractivity contribution in [2.24, 2.45) is 0 Å². The van der Waals surface area contributed by atoms with Gasteiger partial charge in [-0.2, -0.15) is 0 Å². The number of aryl methyl sites for hydroxylation is 2. The molecule has 0 spiro atoms. The zero-order valence-electron chi connectivity index (χ0n) is 18.9. The van der Waals surface area contributed by atoms with Crippen LogP contribution < -0.4 is 19.5 Å². The van der Waals surface area contributed by atoms with Gasteiger partial charge in [0.05, 0.1) is 12.8 Å². The van der Waals surface area contributed by atoms with Crippen molar-refractivity contribution in [3.8, 4) is 23.0 Å². The number of amides is 1. The summed E-state index contributed by atoms with van der Waals surface area (Å²) in [5, 5.41) is 3.42. The Labute approximate surface area is 199 Å². The summed E-state index contributed by atoms with van der Waals surface area (Å²) in [5.74, 6) is 2.04. The standard InChI is InChI=1S/C27H28ClNO4/c1-3-23(32-21-14-12-18-8-4-5-9-19(18)16-21)27(30)29-22-17-20(28)13-15-24(22)33-26-11-7-6-10-25(26)31-2/h6-7,10-17,23H,3-5,8-9H2,1-2H3,(H,29,30)/t23-/m1/s1. The lowest BCUT2D eigenvalue weighted by Crippen LogP contribution is -2.32. The van der Waals surface area contributed by atoms with Crippen LogP contribution in [0.25, 0.3) is 0 Å². The van der Waals surface area contributed by atoms with Crippen molar-refractivity contribution in [3.63, 3.8) is 0 Å². The van der Waals surface area contributed by atoms with Crippen molar-refractivity contribution in [3.05, 3.63) is 76.8 Å². The molecule has 0 aromatic heterocycles. The van der Waals surface area contributed by atoms with E-state index in [-0.39, 0.29) is 5.91 Å². The second-order valence-electron chi connectivity index (χ2n) is 8.04. The van der Waals surface area contributed by atoms with Crippen molar-refractivity contribution in [2.75, 3.05) is 12.4 Å². The second kappa shape index (κ2) is 10.6. The number of carbonyl (C=O) groups excluding carboxylic acids is 1. The normalized spacial score (nSPS) is 13.5. The summed E-state index contributed by atoms with van der Waals surface area (Å²) >= 11 is 6.21. The third kappa shape index (κ3) is 5.60. The summed E-state index contributed by atoms with van der Waals surface area (Å²) in [4.78, 5) is 13.1. The second-order valence-corrected chi connectivity index (χ2v) is 8.47. The number of nitrogens with one attached hydrogen (secondary N) is 1. The molecular formula is C27H28ClNO4. The molecule has 33 heavy (non-hydrogen) atoms. The van der Waals surface area contributed by atoms with Crippen molar-refractivity contribution < 1.29 is 19.0 Å². The van der Waals surface area contributed by atoms with Crippen LogP contribution in [0.3, 0.4) is 0 Å². The summed E-state index contributed by atoms with van der Waals surface area (Å²) in [5.41, 5.74) is 3.16. The van der Waals surface area contributed by atoms with E-state index in [0.29, 0.717) is 40.1 Å². The fourth-order valence-corrected chi connectivity index (χ4v) is 4.17. The average Bonchev–Trinajstić information content (AvgIpc) is 2.84. The van der Waals surface area contributed by atoms with E-state index >= 15 is 0 Å². The van der Waals surface area contributed by atoms with Gasteiger partial charge in [-0.3, -0.25) is 4.79 Å². The van der Waals surface area contributed by atoms with Gasteiger partial charge in [0.1, 0.15) is 5.75 Å². The number of fused-ring (bicyclic) bond motifs is 1. The number of anilines is 1. The van der Waals surface area contributed by atoms with Gasteiger partial charge < -0.3 is 19.5 Å². The maximum atomic E-state index is 13.1. The molecule has 1 N–H and O–H groups in total. The van der Waals surface area contributed by atoms with Crippen LogP contribution in [-0.4, -0.2) is 19.1 Å². The highest BCUT2D eigenvalue weighted by Gasteiger charge is 2.21. The molecule has 0 bridgehead atoms. The molecule has 6 heteroatoms. The zero-order chi connectivity index (χ0) is 23.2. The van der Waals surface area contributed by atoms with Crippen LogP contribution in [0.2, 0.25) is 5.02 Å². The Balaban J connectivity index is 1.51. The van der Waals surface area contributed by atoms with E-state index in [1.165, 1.54) is 24.0 Å². The maximum Gasteiger partial charge on any atom is 0.265 e. The van der Waals surface area contributed by atoms with Gasteiger partial charge >= 0.3 is 0 Å². The van der Waals surface area contributed by atoms with Crippen molar-refractivity contribution in [1.82, 2.24) is 0 Å². The summed E-state index contributed by atoms with van der Waals surface area (Å²) < 4.78 is 17.5. The minimum absolute atomic E-state index is 0.262. The number of hydrogen-bond donors (Lipinski definition) is 1. The third-order valence-electron chi connectivity index (χ3n) is 5.75. The van der Waals surface area contributed by atoms with Crippen LogP contribution in [0.4, 0.5) is 5.69 Å². The molecule has 0 aliphatic heterocycles. The Morgan fingerprint density at radius 2 is 1.73 bits per heavy atom. The topological polar surface area (TPSA) is 56.8 Å². The molecule has 172 valence electrons. The molecule has 1 atom stereocenters. The van der Waals surface area contributed by atoms with E-state index < -0.39 is 6.10 Å². The highest BCUT2D eigenvalue weighted by atomic mass is 35.5. The van der Waals surface area contributed by atoms with E-state index in [1.54, 1.807) is 31.4 Å². The summed E-state index contributed by atoms with van der Waals surface area (Å²) in [6.07, 6.45) is 4.46. The molecule has 0 radical (unpaired) electrons. The number of benzene rings is 3. The molecule has 0 saturated carbocycles. The number of halogens is 1. The van der Waals surface area contributed by atoms with Gasteiger partial charge in [-0.15, -0.1) is 0 Å². The fourth-order valence-electron chi connectivity index (χ4n) is 3.99. The Kier molecular flexibility index (Phi) is 7.40. The zero-order valence-corrected chi connectivity index (χ0v) is 19.7. The van der Waals surface area contributed by atoms with Crippen LogP contribution in [0.15, 0.2) is 60.7 Å². The predicted molar refractivity (Wildman–Crippen MR) is 131 cm³/mol. The minimum atomic E-state index is -0.648. The highest BCUT2D eigenvalue weighted by Crippen LogP contribution is 2.36. The SMILES string of the molecule is CC[C@@H](Oc1ccc2c(c1)CCCC2)C(=O)Nc1cc(Cl)ccc1Oc1ccccc1OC. The molecule has 0 heterocycles. The van der Waals surface area contributed by atoms with Gasteiger partial charge in [0.15, 0.2) is 23.4 Å². The number of ether oxygens (including phenoxy) is 3. The number of hydrogen-bond acceptors (Lipinski definition) is 4. The van der Waals surface area contributed by atoms with Crippen LogP contribution in [0.1, 0.15) is 37.3 Å². The first-order valence-electron chi connectivity index (χ1n) is 11.3. The quantitative estimate of drug-likeness (QED) is 0.396. The molecule has 1 aliphatic carbocycles. The summed E-state index contributed by atoms with van der Waals surface area (Å²) in [6, 6.07) is 18.6. The van der Waals surface area contributed by atoms with Crippen LogP contribution >= 0.6 is 11.6 Å². The number of methoxy groups -OCH3 is 1. The Morgan fingerprint density at radius 3 is 2.48 bits per heavy atom. The third-order valence-corrected chi connectivity index (χ3v) is 5.99. The molecule has 0 fully saturated rings. The van der Waals surface area contributed by atoms with Crippen LogP contribution in [-0.2, 0) is 17.6 Å². The minimum Gasteiger partial charge on any atom is -0.493 e. The number of para-hydroxylation sites is 2. The van der Waals surface area contributed by atoms with Crippen molar-refractivity contribution in [2.45, 2.75) is 45.1 Å². The Bertz CT molecular complexity index is 1130. The molecule has 5 nitrogen and oxygen atoms in total. The predicted octanol–water partition coefficient (Wildman–Crippen LogP) is 6.82. The monoisotopic (exact) mass is 465 g/mol. The molecule has 4 rings (SSSR count). The molecule has 1 amide bonds. The lowest BCUT2D eigenvalue weighted by Gasteiger charge is -2.21. The summed E-state index contributed by atoms with van der Waals surface area (Å²) in [6.45, 7) is 1.92. The average molecular weight is 466 g/mol. The lowest BCUT2D eigenvalue weighted by atomic mass is 9.92. The number of carbonyl (C=O) groups is 1. The highest BCUT2D eigenvalue weighted by molar-refractivity contribution is 6.31. The summed E-state index contributed by atoms with van der Waals surface area (Å²) in [7, 11) is 1.58. The van der Waals surface area contributed by atoms with Gasteiger partial charge in [0, 0.05) is 5.02 Å². The van der Waals surface area contributed by atoms with Gasteiger partial charge in [-0.1, -0.05) is 36.7 Å². The van der Waals surface area contributed by atoms with E-state index in [4.69, 9.17) is 25.8 Å². The molecule has 3 aromatic carbocycles. The molecule has 0 saturated heterocycles. The molecular weight excluding hydrogens is 438 g/mol. The first kappa shape index (κ1) is 23.0. The first-order chi connectivity index (χ1) is 16.1. The van der Waals surface area contributed by atoms with E-state index in [2.05, 4.69) is 17.4 Å². The van der Waals surface area contributed by atoms with Gasteiger partial charge in [0.2, 0.25) is 0 Å². The lowest BCUT2D eigenvalue weighted by molar-refractivity contribution is -0.122. The molecule has 1 aliphatic rings. The maximum absolute atomic E-state index is 13.1. The van der Waals surface area contributed by atoms with E-state index in [9.17, 15) is 4.79 Å². The molecule has 0 unspecified atom stereocenters.